The number of rotatable bonds is 7. The fraction of sp³-hybridized carbons (Fsp3) is 0.238. The Morgan fingerprint density at radius 1 is 1.08 bits per heavy atom. The predicted octanol–water partition coefficient (Wildman–Crippen LogP) is 5.78. The van der Waals surface area contributed by atoms with Crippen LogP contribution in [0, 0.1) is 6.92 Å². The number of ether oxygens (including phenoxy) is 1. The minimum Gasteiger partial charge on any atom is -0.496 e. The van der Waals surface area contributed by atoms with Crippen molar-refractivity contribution in [1.82, 2.24) is 5.32 Å². The lowest BCUT2D eigenvalue weighted by Crippen LogP contribution is -2.16. The monoisotopic (exact) mass is 435 g/mol. The van der Waals surface area contributed by atoms with Gasteiger partial charge in [-0.3, -0.25) is 0 Å². The van der Waals surface area contributed by atoms with E-state index in [9.17, 15) is 0 Å². The van der Waals surface area contributed by atoms with Crippen LogP contribution >= 0.6 is 28.3 Å². The molecule has 0 aliphatic carbocycles. The van der Waals surface area contributed by atoms with E-state index in [0.717, 1.165) is 40.3 Å². The number of furan rings is 1. The topological polar surface area (TPSA) is 34.4 Å². The van der Waals surface area contributed by atoms with Crippen molar-refractivity contribution in [3.05, 3.63) is 76.0 Å². The van der Waals surface area contributed by atoms with E-state index in [1.54, 1.807) is 7.11 Å². The van der Waals surface area contributed by atoms with Crippen LogP contribution in [0.1, 0.15) is 16.9 Å². The Labute approximate surface area is 169 Å². The molecule has 1 aromatic heterocycles. The second-order valence-electron chi connectivity index (χ2n) is 5.96. The highest BCUT2D eigenvalue weighted by atomic mass is 79.9. The van der Waals surface area contributed by atoms with E-state index in [1.807, 2.05) is 36.4 Å². The zero-order valence-electron chi connectivity index (χ0n) is 14.9. The molecule has 0 aliphatic rings. The molecule has 3 aromatic rings. The first-order valence-corrected chi connectivity index (χ1v) is 9.14. The molecule has 0 atom stereocenters. The average Bonchev–Trinajstić information content (AvgIpc) is 3.07. The molecule has 1 N–H and O–H groups in total. The Bertz CT molecular complexity index is 848. The van der Waals surface area contributed by atoms with E-state index in [2.05, 4.69) is 46.4 Å². The summed E-state index contributed by atoms with van der Waals surface area (Å²) in [4.78, 5) is 0. The van der Waals surface area contributed by atoms with Crippen LogP contribution in [0.2, 0.25) is 0 Å². The molecule has 1 heterocycles. The molecular weight excluding hydrogens is 414 g/mol. The summed E-state index contributed by atoms with van der Waals surface area (Å²) in [5, 5.41) is 3.43. The summed E-state index contributed by atoms with van der Waals surface area (Å²) >= 11 is 3.50. The molecule has 0 bridgehead atoms. The fourth-order valence-corrected chi connectivity index (χ4v) is 3.34. The first-order chi connectivity index (χ1) is 12.2. The van der Waals surface area contributed by atoms with Gasteiger partial charge in [0.25, 0.3) is 0 Å². The van der Waals surface area contributed by atoms with Gasteiger partial charge in [-0.1, -0.05) is 34.1 Å². The maximum Gasteiger partial charge on any atom is 0.134 e. The summed E-state index contributed by atoms with van der Waals surface area (Å²) in [7, 11) is 1.71. The first kappa shape index (κ1) is 20.6. The van der Waals surface area contributed by atoms with Crippen molar-refractivity contribution in [3.63, 3.8) is 0 Å². The zero-order chi connectivity index (χ0) is 17.6. The Morgan fingerprint density at radius 2 is 1.88 bits per heavy atom. The number of hydrogen-bond donors (Lipinski definition) is 1. The van der Waals surface area contributed by atoms with Crippen LogP contribution in [-0.4, -0.2) is 13.7 Å². The first-order valence-electron chi connectivity index (χ1n) is 8.35. The molecule has 0 fully saturated rings. The number of nitrogens with one attached hydrogen (secondary N) is 1. The largest absolute Gasteiger partial charge is 0.496 e. The molecule has 0 aliphatic heterocycles. The second kappa shape index (κ2) is 9.81. The van der Waals surface area contributed by atoms with E-state index in [-0.39, 0.29) is 12.4 Å². The number of aryl methyl sites for hydroxylation is 1. The van der Waals surface area contributed by atoms with Crippen LogP contribution in [-0.2, 0) is 13.0 Å². The van der Waals surface area contributed by atoms with Crippen molar-refractivity contribution in [2.24, 2.45) is 0 Å². The molecule has 3 nitrogen and oxygen atoms in total. The molecule has 0 unspecified atom stereocenters. The molecule has 3 rings (SSSR count). The van der Waals surface area contributed by atoms with Gasteiger partial charge in [-0.25, -0.2) is 0 Å². The van der Waals surface area contributed by atoms with Gasteiger partial charge in [0.2, 0.25) is 0 Å². The van der Waals surface area contributed by atoms with Crippen LogP contribution < -0.4 is 10.1 Å². The summed E-state index contributed by atoms with van der Waals surface area (Å²) in [6, 6.07) is 18.4. The Kier molecular flexibility index (Phi) is 7.76. The third-order valence-corrected chi connectivity index (χ3v) is 4.67. The van der Waals surface area contributed by atoms with E-state index >= 15 is 0 Å². The molecular formula is C21H23BrClNO2. The van der Waals surface area contributed by atoms with Gasteiger partial charge >= 0.3 is 0 Å². The van der Waals surface area contributed by atoms with Crippen molar-refractivity contribution in [2.45, 2.75) is 19.9 Å². The SMILES string of the molecule is COc1ccccc1CCNCc1ccc(-c2ccc(Br)cc2C)o1.Cl. The van der Waals surface area contributed by atoms with Gasteiger partial charge in [0, 0.05) is 10.0 Å². The van der Waals surface area contributed by atoms with Crippen molar-refractivity contribution in [3.8, 4) is 17.1 Å². The summed E-state index contributed by atoms with van der Waals surface area (Å²) < 4.78 is 12.4. The third-order valence-electron chi connectivity index (χ3n) is 4.18. The lowest BCUT2D eigenvalue weighted by molar-refractivity contribution is 0.408. The number of para-hydroxylation sites is 1. The second-order valence-corrected chi connectivity index (χ2v) is 6.88. The van der Waals surface area contributed by atoms with Gasteiger partial charge in [-0.05, 0) is 67.4 Å². The molecule has 5 heteroatoms. The van der Waals surface area contributed by atoms with E-state index in [0.29, 0.717) is 6.54 Å². The third kappa shape index (κ3) is 5.13. The predicted molar refractivity (Wildman–Crippen MR) is 112 cm³/mol. The molecule has 2 aromatic carbocycles. The summed E-state index contributed by atoms with van der Waals surface area (Å²) in [5.41, 5.74) is 3.53. The molecule has 0 radical (unpaired) electrons. The van der Waals surface area contributed by atoms with Crippen molar-refractivity contribution in [1.29, 1.82) is 0 Å². The number of halogens is 2. The number of hydrogen-bond acceptors (Lipinski definition) is 3. The van der Waals surface area contributed by atoms with Crippen LogP contribution in [0.4, 0.5) is 0 Å². The lowest BCUT2D eigenvalue weighted by Gasteiger charge is -2.08. The Balaban J connectivity index is 0.00000243. The molecule has 138 valence electrons. The maximum absolute atomic E-state index is 5.99. The quantitative estimate of drug-likeness (QED) is 0.477. The minimum atomic E-state index is 0. The highest BCUT2D eigenvalue weighted by Crippen LogP contribution is 2.27. The van der Waals surface area contributed by atoms with Gasteiger partial charge in [0.1, 0.15) is 17.3 Å². The van der Waals surface area contributed by atoms with Crippen LogP contribution in [0.15, 0.2) is 63.5 Å². The maximum atomic E-state index is 5.99. The van der Waals surface area contributed by atoms with Crippen molar-refractivity contribution >= 4 is 28.3 Å². The smallest absolute Gasteiger partial charge is 0.134 e. The average molecular weight is 437 g/mol. The van der Waals surface area contributed by atoms with Gasteiger partial charge in [0.05, 0.1) is 13.7 Å². The van der Waals surface area contributed by atoms with Crippen molar-refractivity contribution < 1.29 is 9.15 Å². The standard InChI is InChI=1S/C21H22BrNO2.ClH/c1-15-13-17(22)7-9-19(15)21-10-8-18(25-21)14-23-12-11-16-5-3-4-6-20(16)24-2;/h3-10,13,23H,11-12,14H2,1-2H3;1H. The van der Waals surface area contributed by atoms with E-state index in [1.165, 1.54) is 11.1 Å². The molecule has 0 saturated carbocycles. The van der Waals surface area contributed by atoms with E-state index in [4.69, 9.17) is 9.15 Å². The lowest BCUT2D eigenvalue weighted by atomic mass is 10.1. The Hall–Kier alpha value is -1.75. The van der Waals surface area contributed by atoms with Gasteiger partial charge in [-0.2, -0.15) is 0 Å². The van der Waals surface area contributed by atoms with Gasteiger partial charge < -0.3 is 14.5 Å². The zero-order valence-corrected chi connectivity index (χ0v) is 17.3. The van der Waals surface area contributed by atoms with Gasteiger partial charge in [-0.15, -0.1) is 12.4 Å². The van der Waals surface area contributed by atoms with E-state index < -0.39 is 0 Å². The van der Waals surface area contributed by atoms with Crippen LogP contribution in [0.5, 0.6) is 5.75 Å². The normalized spacial score (nSPS) is 10.4. The molecule has 0 spiro atoms. The summed E-state index contributed by atoms with van der Waals surface area (Å²) in [6.07, 6.45) is 0.920. The van der Waals surface area contributed by atoms with Crippen molar-refractivity contribution in [2.75, 3.05) is 13.7 Å². The number of benzene rings is 2. The van der Waals surface area contributed by atoms with Gasteiger partial charge in [0.15, 0.2) is 0 Å². The molecule has 0 saturated heterocycles. The van der Waals surface area contributed by atoms with Crippen LogP contribution in [0.3, 0.4) is 0 Å². The summed E-state index contributed by atoms with van der Waals surface area (Å²) in [6.45, 7) is 3.67. The highest BCUT2D eigenvalue weighted by Gasteiger charge is 2.08. The Morgan fingerprint density at radius 3 is 2.65 bits per heavy atom. The summed E-state index contributed by atoms with van der Waals surface area (Å²) in [5.74, 6) is 2.79. The minimum absolute atomic E-state index is 0. The highest BCUT2D eigenvalue weighted by molar-refractivity contribution is 9.10. The molecule has 0 amide bonds. The number of methoxy groups -OCH3 is 1. The fourth-order valence-electron chi connectivity index (χ4n) is 2.87. The molecule has 26 heavy (non-hydrogen) atoms. The van der Waals surface area contributed by atoms with Crippen LogP contribution in [0.25, 0.3) is 11.3 Å².